The van der Waals surface area contributed by atoms with Crippen LogP contribution in [0.5, 0.6) is 0 Å². The van der Waals surface area contributed by atoms with Gasteiger partial charge >= 0.3 is 6.09 Å². The number of carbonyl (C=O) groups is 1. The highest BCUT2D eigenvalue weighted by atomic mass is 18.2. The van der Waals surface area contributed by atoms with Gasteiger partial charge in [0.15, 0.2) is 0 Å². The Balaban J connectivity index is 2.70. The molecular formula is C11H15FN2O2. The lowest BCUT2D eigenvalue weighted by atomic mass is 10.2. The van der Waals surface area contributed by atoms with Crippen LogP contribution in [0.4, 0.5) is 14.9 Å². The van der Waals surface area contributed by atoms with Crippen molar-refractivity contribution in [3.63, 3.8) is 0 Å². The Morgan fingerprint density at radius 1 is 1.56 bits per heavy atom. The summed E-state index contributed by atoms with van der Waals surface area (Å²) in [4.78, 5) is 15.2. The molecule has 16 heavy (non-hydrogen) atoms. The number of aromatic nitrogens is 1. The van der Waals surface area contributed by atoms with Gasteiger partial charge in [-0.3, -0.25) is 10.3 Å². The number of rotatable bonds is 2. The van der Waals surface area contributed by atoms with Gasteiger partial charge in [0, 0.05) is 18.0 Å². The lowest BCUT2D eigenvalue weighted by Crippen LogP contribution is -2.27. The van der Waals surface area contributed by atoms with Crippen molar-refractivity contribution in [2.75, 3.05) is 5.32 Å². The standard InChI is InChI=1S/C11H15FN2O2/c1-11(2,3)16-10(15)14-9-4-5-13-7-8(9)6-12/h4-5,7H,6H2,1-3H3,(H,13,14,15)/i12-1. The number of carbonyl (C=O) groups excluding carboxylic acids is 1. The SMILES string of the molecule is CC(C)(C)OC(=O)Nc1ccncc1C[18F]. The third kappa shape index (κ3) is 3.84. The van der Waals surface area contributed by atoms with E-state index in [2.05, 4.69) is 10.3 Å². The largest absolute Gasteiger partial charge is 0.444 e. The van der Waals surface area contributed by atoms with Crippen LogP contribution in [0.2, 0.25) is 0 Å². The number of nitrogens with one attached hydrogen (secondary N) is 1. The second kappa shape index (κ2) is 4.92. The molecule has 0 aliphatic rings. The minimum absolute atomic E-state index is 0.327. The third-order valence-corrected chi connectivity index (χ3v) is 1.68. The molecule has 1 aromatic rings. The van der Waals surface area contributed by atoms with Gasteiger partial charge < -0.3 is 4.74 Å². The zero-order chi connectivity index (χ0) is 12.2. The van der Waals surface area contributed by atoms with Gasteiger partial charge in [0.25, 0.3) is 0 Å². The second-order valence-electron chi connectivity index (χ2n) is 4.29. The summed E-state index contributed by atoms with van der Waals surface area (Å²) in [6, 6.07) is 1.53. The van der Waals surface area contributed by atoms with E-state index in [9.17, 15) is 9.18 Å². The molecule has 0 aliphatic heterocycles. The highest BCUT2D eigenvalue weighted by Gasteiger charge is 2.16. The third-order valence-electron chi connectivity index (χ3n) is 1.68. The van der Waals surface area contributed by atoms with Crippen molar-refractivity contribution < 1.29 is 13.9 Å². The average Bonchev–Trinajstić information content (AvgIpc) is 2.15. The van der Waals surface area contributed by atoms with Crippen molar-refractivity contribution in [1.29, 1.82) is 0 Å². The molecule has 0 aromatic carbocycles. The van der Waals surface area contributed by atoms with Gasteiger partial charge in [-0.1, -0.05) is 0 Å². The van der Waals surface area contributed by atoms with Crippen LogP contribution in [0.25, 0.3) is 0 Å². The Bertz CT molecular complexity index is 374. The van der Waals surface area contributed by atoms with E-state index in [-0.39, 0.29) is 0 Å². The molecule has 0 unspecified atom stereocenters. The summed E-state index contributed by atoms with van der Waals surface area (Å²) in [5.74, 6) is 0. The number of ether oxygens (including phenoxy) is 1. The smallest absolute Gasteiger partial charge is 0.412 e. The van der Waals surface area contributed by atoms with Crippen molar-refractivity contribution >= 4 is 11.8 Å². The van der Waals surface area contributed by atoms with Crippen molar-refractivity contribution in [1.82, 2.24) is 4.98 Å². The molecule has 0 aliphatic carbocycles. The van der Waals surface area contributed by atoms with Crippen LogP contribution in [0.3, 0.4) is 0 Å². The van der Waals surface area contributed by atoms with Gasteiger partial charge in [0.2, 0.25) is 0 Å². The number of hydrogen-bond acceptors (Lipinski definition) is 3. The van der Waals surface area contributed by atoms with Crippen molar-refractivity contribution in [3.05, 3.63) is 24.0 Å². The van der Waals surface area contributed by atoms with Gasteiger partial charge in [-0.15, -0.1) is 0 Å². The number of amides is 1. The van der Waals surface area contributed by atoms with E-state index in [0.29, 0.717) is 11.3 Å². The molecule has 1 heterocycles. The van der Waals surface area contributed by atoms with E-state index in [4.69, 9.17) is 4.74 Å². The van der Waals surface area contributed by atoms with E-state index in [1.165, 1.54) is 18.5 Å². The van der Waals surface area contributed by atoms with Crippen molar-refractivity contribution in [3.8, 4) is 0 Å². The molecule has 0 bridgehead atoms. The van der Waals surface area contributed by atoms with Crippen LogP contribution in [-0.4, -0.2) is 16.7 Å². The fourth-order valence-corrected chi connectivity index (χ4v) is 1.07. The summed E-state index contributed by atoms with van der Waals surface area (Å²) < 4.78 is 17.6. The van der Waals surface area contributed by atoms with Gasteiger partial charge in [0.05, 0.1) is 5.69 Å². The summed E-state index contributed by atoms with van der Waals surface area (Å²) in [6.07, 6.45) is 2.24. The molecule has 1 aromatic heterocycles. The number of pyridine rings is 1. The zero-order valence-electron chi connectivity index (χ0n) is 9.58. The predicted molar refractivity (Wildman–Crippen MR) is 58.9 cm³/mol. The molecule has 0 saturated carbocycles. The molecule has 5 heteroatoms. The first-order valence-electron chi connectivity index (χ1n) is 4.91. The zero-order valence-corrected chi connectivity index (χ0v) is 9.58. The summed E-state index contributed by atoms with van der Waals surface area (Å²) in [7, 11) is 0. The van der Waals surface area contributed by atoms with Crippen LogP contribution < -0.4 is 5.32 Å². The van der Waals surface area contributed by atoms with Crippen molar-refractivity contribution in [2.45, 2.75) is 33.0 Å². The first-order chi connectivity index (χ1) is 7.42. The number of anilines is 1. The van der Waals surface area contributed by atoms with Crippen LogP contribution in [0.1, 0.15) is 26.3 Å². The molecule has 4 nitrogen and oxygen atoms in total. The maximum atomic E-state index is 12.5. The Morgan fingerprint density at radius 3 is 2.81 bits per heavy atom. The molecular weight excluding hydrogens is 210 g/mol. The molecule has 0 spiro atoms. The summed E-state index contributed by atoms with van der Waals surface area (Å²) in [5, 5.41) is 2.48. The van der Waals surface area contributed by atoms with E-state index in [0.717, 1.165) is 0 Å². The van der Waals surface area contributed by atoms with Crippen LogP contribution in [-0.2, 0) is 11.4 Å². The van der Waals surface area contributed by atoms with Gasteiger partial charge in [0.1, 0.15) is 12.3 Å². The Kier molecular flexibility index (Phi) is 3.82. The first kappa shape index (κ1) is 12.4. The van der Waals surface area contributed by atoms with Gasteiger partial charge in [-0.05, 0) is 26.8 Å². The predicted octanol–water partition coefficient (Wildman–Crippen LogP) is 2.90. The number of halogens is 1. The Morgan fingerprint density at radius 2 is 2.25 bits per heavy atom. The maximum Gasteiger partial charge on any atom is 0.412 e. The average molecular weight is 225 g/mol. The molecule has 0 saturated heterocycles. The minimum atomic E-state index is -0.682. The quantitative estimate of drug-likeness (QED) is 0.841. The van der Waals surface area contributed by atoms with E-state index in [1.54, 1.807) is 20.8 Å². The first-order valence-corrected chi connectivity index (χ1v) is 4.91. The monoisotopic (exact) mass is 225 g/mol. The lowest BCUT2D eigenvalue weighted by Gasteiger charge is -2.20. The molecule has 0 atom stereocenters. The molecule has 0 radical (unpaired) electrons. The number of hydrogen-bond donors (Lipinski definition) is 1. The van der Waals surface area contributed by atoms with Crippen LogP contribution in [0.15, 0.2) is 18.5 Å². The number of nitrogens with zero attached hydrogens (tertiary/aromatic N) is 1. The van der Waals surface area contributed by atoms with E-state index in [1.807, 2.05) is 0 Å². The molecule has 1 amide bonds. The fourth-order valence-electron chi connectivity index (χ4n) is 1.07. The minimum Gasteiger partial charge on any atom is -0.444 e. The van der Waals surface area contributed by atoms with Crippen molar-refractivity contribution in [2.24, 2.45) is 0 Å². The highest BCUT2D eigenvalue weighted by molar-refractivity contribution is 5.85. The summed E-state index contributed by atoms with van der Waals surface area (Å²) in [5.41, 5.74) is 0.132. The van der Waals surface area contributed by atoms with E-state index >= 15 is 0 Å². The maximum absolute atomic E-state index is 12.5. The normalized spacial score (nSPS) is 11.0. The molecule has 88 valence electrons. The van der Waals surface area contributed by atoms with Crippen LogP contribution in [0, 0.1) is 0 Å². The molecule has 0 fully saturated rings. The topological polar surface area (TPSA) is 51.2 Å². The van der Waals surface area contributed by atoms with Crippen LogP contribution >= 0.6 is 0 Å². The second-order valence-corrected chi connectivity index (χ2v) is 4.29. The fraction of sp³-hybridized carbons (Fsp3) is 0.455. The van der Waals surface area contributed by atoms with Gasteiger partial charge in [-0.2, -0.15) is 0 Å². The molecule has 1 rings (SSSR count). The van der Waals surface area contributed by atoms with Gasteiger partial charge in [-0.25, -0.2) is 9.18 Å². The van der Waals surface area contributed by atoms with E-state index < -0.39 is 18.4 Å². The Hall–Kier alpha value is -1.65. The summed E-state index contributed by atoms with van der Waals surface area (Å²) in [6.45, 7) is 4.60. The Labute approximate surface area is 93.8 Å². The summed E-state index contributed by atoms with van der Waals surface area (Å²) >= 11 is 0. The lowest BCUT2D eigenvalue weighted by molar-refractivity contribution is 0.0635. The molecule has 1 N–H and O–H groups in total. The number of alkyl halides is 1. The highest BCUT2D eigenvalue weighted by Crippen LogP contribution is 2.16.